The van der Waals surface area contributed by atoms with Crippen LogP contribution in [-0.4, -0.2) is 36.7 Å². The number of ether oxygens (including phenoxy) is 2. The van der Waals surface area contributed by atoms with Crippen molar-refractivity contribution in [1.82, 2.24) is 10.3 Å². The van der Waals surface area contributed by atoms with E-state index in [4.69, 9.17) is 19.6 Å². The van der Waals surface area contributed by atoms with Crippen LogP contribution in [0.2, 0.25) is 0 Å². The standard InChI is InChI=1S/C15H17N3O4/c1-9(7-16)18-15(19)13-14(22-8-17-13)10-2-3-11-12(6-10)21-5-4-20-11/h2-3,6,8-9H,4-5,7,16H2,1H3,(H,18,19)/t9-/m0/s1. The molecule has 0 saturated carbocycles. The predicted octanol–water partition coefficient (Wildman–Crippen LogP) is 1.19. The highest BCUT2D eigenvalue weighted by Gasteiger charge is 2.21. The Balaban J connectivity index is 1.90. The second-order valence-corrected chi connectivity index (χ2v) is 5.00. The summed E-state index contributed by atoms with van der Waals surface area (Å²) in [7, 11) is 0. The molecule has 1 aromatic heterocycles. The van der Waals surface area contributed by atoms with E-state index in [0.29, 0.717) is 42.6 Å². The number of carbonyl (C=O) groups excluding carboxylic acids is 1. The number of amides is 1. The van der Waals surface area contributed by atoms with Crippen molar-refractivity contribution < 1.29 is 18.7 Å². The van der Waals surface area contributed by atoms with Crippen LogP contribution in [0.15, 0.2) is 29.0 Å². The highest BCUT2D eigenvalue weighted by molar-refractivity contribution is 5.97. The lowest BCUT2D eigenvalue weighted by Gasteiger charge is -2.18. The minimum absolute atomic E-state index is 0.141. The van der Waals surface area contributed by atoms with Gasteiger partial charge in [-0.25, -0.2) is 4.98 Å². The van der Waals surface area contributed by atoms with Crippen molar-refractivity contribution in [3.8, 4) is 22.8 Å². The molecular weight excluding hydrogens is 286 g/mol. The van der Waals surface area contributed by atoms with Gasteiger partial charge in [-0.05, 0) is 25.1 Å². The Labute approximate surface area is 127 Å². The van der Waals surface area contributed by atoms with Gasteiger partial charge in [-0.15, -0.1) is 0 Å². The zero-order chi connectivity index (χ0) is 15.5. The number of hydrogen-bond acceptors (Lipinski definition) is 6. The molecule has 0 bridgehead atoms. The van der Waals surface area contributed by atoms with Gasteiger partial charge in [0.25, 0.3) is 5.91 Å². The quantitative estimate of drug-likeness (QED) is 0.880. The van der Waals surface area contributed by atoms with Crippen molar-refractivity contribution in [1.29, 1.82) is 0 Å². The van der Waals surface area contributed by atoms with E-state index in [1.807, 2.05) is 6.92 Å². The van der Waals surface area contributed by atoms with Crippen LogP contribution in [-0.2, 0) is 0 Å². The van der Waals surface area contributed by atoms with Crippen LogP contribution >= 0.6 is 0 Å². The number of oxazole rings is 1. The summed E-state index contributed by atoms with van der Waals surface area (Å²) in [5, 5.41) is 2.76. The minimum atomic E-state index is -0.323. The Bertz CT molecular complexity index is 683. The van der Waals surface area contributed by atoms with E-state index in [0.717, 1.165) is 0 Å². The van der Waals surface area contributed by atoms with Crippen LogP contribution in [0.4, 0.5) is 0 Å². The molecule has 3 N–H and O–H groups in total. The van der Waals surface area contributed by atoms with E-state index < -0.39 is 0 Å². The van der Waals surface area contributed by atoms with Gasteiger partial charge < -0.3 is 24.9 Å². The molecule has 0 aliphatic carbocycles. The molecule has 1 atom stereocenters. The van der Waals surface area contributed by atoms with Crippen LogP contribution < -0.4 is 20.5 Å². The molecule has 0 fully saturated rings. The first-order valence-electron chi connectivity index (χ1n) is 7.03. The summed E-state index contributed by atoms with van der Waals surface area (Å²) >= 11 is 0. The van der Waals surface area contributed by atoms with Crippen LogP contribution in [0, 0.1) is 0 Å². The zero-order valence-corrected chi connectivity index (χ0v) is 12.2. The number of benzene rings is 1. The van der Waals surface area contributed by atoms with E-state index >= 15 is 0 Å². The van der Waals surface area contributed by atoms with Gasteiger partial charge in [0.1, 0.15) is 13.2 Å². The highest BCUT2D eigenvalue weighted by Crippen LogP contribution is 2.35. The normalized spacial score (nSPS) is 14.5. The molecule has 7 heteroatoms. The molecule has 0 spiro atoms. The molecule has 0 radical (unpaired) electrons. The Morgan fingerprint density at radius 3 is 2.91 bits per heavy atom. The molecule has 0 saturated heterocycles. The fourth-order valence-corrected chi connectivity index (χ4v) is 2.15. The molecule has 3 rings (SSSR count). The van der Waals surface area contributed by atoms with Crippen LogP contribution in [0.25, 0.3) is 11.3 Å². The topological polar surface area (TPSA) is 99.6 Å². The summed E-state index contributed by atoms with van der Waals surface area (Å²) in [5.41, 5.74) is 6.43. The van der Waals surface area contributed by atoms with E-state index in [2.05, 4.69) is 10.3 Å². The first-order chi connectivity index (χ1) is 10.7. The van der Waals surface area contributed by atoms with E-state index in [1.54, 1.807) is 18.2 Å². The number of nitrogens with two attached hydrogens (primary N) is 1. The molecule has 1 aliphatic heterocycles. The molecule has 1 amide bonds. The van der Waals surface area contributed by atoms with Gasteiger partial charge >= 0.3 is 0 Å². The van der Waals surface area contributed by atoms with Crippen molar-refractivity contribution in [2.24, 2.45) is 5.73 Å². The highest BCUT2D eigenvalue weighted by atomic mass is 16.6. The van der Waals surface area contributed by atoms with E-state index in [-0.39, 0.29) is 17.6 Å². The van der Waals surface area contributed by atoms with Crippen molar-refractivity contribution in [3.05, 3.63) is 30.3 Å². The Kier molecular flexibility index (Phi) is 3.97. The second kappa shape index (κ2) is 6.07. The third-order valence-corrected chi connectivity index (χ3v) is 3.32. The van der Waals surface area contributed by atoms with Crippen LogP contribution in [0.5, 0.6) is 11.5 Å². The molecule has 1 aromatic carbocycles. The summed E-state index contributed by atoms with van der Waals surface area (Å²) in [4.78, 5) is 16.2. The number of nitrogens with zero attached hydrogens (tertiary/aromatic N) is 1. The lowest BCUT2D eigenvalue weighted by Crippen LogP contribution is -2.38. The Morgan fingerprint density at radius 1 is 1.36 bits per heavy atom. The number of fused-ring (bicyclic) bond motifs is 1. The van der Waals surface area contributed by atoms with Gasteiger partial charge in [-0.2, -0.15) is 0 Å². The summed E-state index contributed by atoms with van der Waals surface area (Å²) in [6.07, 6.45) is 1.24. The molecule has 22 heavy (non-hydrogen) atoms. The first kappa shape index (κ1) is 14.4. The average Bonchev–Trinajstić information content (AvgIpc) is 3.04. The summed E-state index contributed by atoms with van der Waals surface area (Å²) in [5.74, 6) is 1.37. The van der Waals surface area contributed by atoms with Crippen molar-refractivity contribution in [2.45, 2.75) is 13.0 Å². The van der Waals surface area contributed by atoms with Gasteiger partial charge in [-0.1, -0.05) is 0 Å². The molecular formula is C15H17N3O4. The van der Waals surface area contributed by atoms with Crippen molar-refractivity contribution in [2.75, 3.05) is 19.8 Å². The number of nitrogens with one attached hydrogen (secondary N) is 1. The van der Waals surface area contributed by atoms with E-state index in [9.17, 15) is 4.79 Å². The first-order valence-corrected chi connectivity index (χ1v) is 7.03. The summed E-state index contributed by atoms with van der Waals surface area (Å²) < 4.78 is 16.4. The maximum atomic E-state index is 12.2. The van der Waals surface area contributed by atoms with Gasteiger partial charge in [0.05, 0.1) is 0 Å². The van der Waals surface area contributed by atoms with Crippen LogP contribution in [0.3, 0.4) is 0 Å². The number of carbonyl (C=O) groups is 1. The molecule has 1 aliphatic rings. The lowest BCUT2D eigenvalue weighted by atomic mass is 10.1. The Hall–Kier alpha value is -2.54. The minimum Gasteiger partial charge on any atom is -0.486 e. The maximum Gasteiger partial charge on any atom is 0.274 e. The van der Waals surface area contributed by atoms with Crippen molar-refractivity contribution >= 4 is 5.91 Å². The largest absolute Gasteiger partial charge is 0.486 e. The van der Waals surface area contributed by atoms with Crippen molar-refractivity contribution in [3.63, 3.8) is 0 Å². The fourth-order valence-electron chi connectivity index (χ4n) is 2.15. The monoisotopic (exact) mass is 303 g/mol. The number of rotatable bonds is 4. The Morgan fingerprint density at radius 2 is 2.14 bits per heavy atom. The molecule has 2 heterocycles. The molecule has 116 valence electrons. The lowest BCUT2D eigenvalue weighted by molar-refractivity contribution is 0.0937. The maximum absolute atomic E-state index is 12.2. The summed E-state index contributed by atoms with van der Waals surface area (Å²) in [6.45, 7) is 3.19. The SMILES string of the molecule is C[C@@H](CN)NC(=O)c1ncoc1-c1ccc2c(c1)OCCO2. The molecule has 0 unspecified atom stereocenters. The smallest absolute Gasteiger partial charge is 0.274 e. The molecule has 2 aromatic rings. The number of aromatic nitrogens is 1. The van der Waals surface area contributed by atoms with Gasteiger partial charge in [0.2, 0.25) is 0 Å². The van der Waals surface area contributed by atoms with E-state index in [1.165, 1.54) is 6.39 Å². The number of hydrogen-bond donors (Lipinski definition) is 2. The second-order valence-electron chi connectivity index (χ2n) is 5.00. The van der Waals surface area contributed by atoms with Gasteiger partial charge in [-0.3, -0.25) is 4.79 Å². The van der Waals surface area contributed by atoms with Crippen LogP contribution in [0.1, 0.15) is 17.4 Å². The third-order valence-electron chi connectivity index (χ3n) is 3.32. The van der Waals surface area contributed by atoms with Gasteiger partial charge in [0, 0.05) is 18.2 Å². The van der Waals surface area contributed by atoms with Gasteiger partial charge in [0.15, 0.2) is 29.3 Å². The fraction of sp³-hybridized carbons (Fsp3) is 0.333. The zero-order valence-electron chi connectivity index (χ0n) is 12.2. The molecule has 7 nitrogen and oxygen atoms in total. The average molecular weight is 303 g/mol. The third kappa shape index (κ3) is 2.75. The summed E-state index contributed by atoms with van der Waals surface area (Å²) in [6, 6.07) is 5.23. The predicted molar refractivity (Wildman–Crippen MR) is 78.9 cm³/mol.